The lowest BCUT2D eigenvalue weighted by molar-refractivity contribution is 0.592. The number of benzene rings is 1. The maximum Gasteiger partial charge on any atom is 0.149 e. The quantitative estimate of drug-likeness (QED) is 0.787. The molecule has 0 spiro atoms. The van der Waals surface area contributed by atoms with Crippen LogP contribution in [0.15, 0.2) is 35.1 Å². The molecule has 0 bridgehead atoms. The largest absolute Gasteiger partial charge is 0.339 e. The Morgan fingerprint density at radius 2 is 1.84 bits per heavy atom. The molecule has 0 atom stereocenters. The molecular weight excluding hydrogens is 326 g/mol. The van der Waals surface area contributed by atoms with Crippen molar-refractivity contribution < 1.29 is 0 Å². The van der Waals surface area contributed by atoms with Gasteiger partial charge in [-0.2, -0.15) is 0 Å². The van der Waals surface area contributed by atoms with Crippen LogP contribution in [0.4, 0.5) is 11.5 Å². The monoisotopic (exact) mass is 339 g/mol. The van der Waals surface area contributed by atoms with Crippen molar-refractivity contribution in [2.75, 3.05) is 5.32 Å². The van der Waals surface area contributed by atoms with Gasteiger partial charge in [-0.15, -0.1) is 0 Å². The number of nitrogens with zero attached hydrogens (tertiary/aromatic N) is 2. The van der Waals surface area contributed by atoms with Crippen molar-refractivity contribution in [3.05, 3.63) is 45.8 Å². The van der Waals surface area contributed by atoms with Crippen LogP contribution in [0.5, 0.6) is 0 Å². The smallest absolute Gasteiger partial charge is 0.149 e. The van der Waals surface area contributed by atoms with E-state index in [1.807, 2.05) is 18.2 Å². The maximum atomic E-state index is 5.97. The van der Waals surface area contributed by atoms with Gasteiger partial charge in [-0.1, -0.05) is 50.6 Å². The zero-order valence-electron chi connectivity index (χ0n) is 11.0. The third-order valence-corrected chi connectivity index (χ3v) is 4.00. The number of hydrogen-bond donors (Lipinski definition) is 1. The van der Waals surface area contributed by atoms with Crippen LogP contribution < -0.4 is 5.32 Å². The molecule has 0 aliphatic carbocycles. The van der Waals surface area contributed by atoms with E-state index in [2.05, 4.69) is 58.1 Å². The summed E-state index contributed by atoms with van der Waals surface area (Å²) in [5.41, 5.74) is 2.29. The lowest BCUT2D eigenvalue weighted by Gasteiger charge is -2.23. The van der Waals surface area contributed by atoms with Gasteiger partial charge in [0.1, 0.15) is 17.3 Å². The molecule has 1 heterocycles. The predicted octanol–water partition coefficient (Wildman–Crippen LogP) is 4.93. The normalized spacial score (nSPS) is 11.4. The van der Waals surface area contributed by atoms with Gasteiger partial charge in [0, 0.05) is 5.69 Å². The van der Waals surface area contributed by atoms with Crippen LogP contribution in [-0.4, -0.2) is 9.97 Å². The number of rotatable bonds is 2. The van der Waals surface area contributed by atoms with E-state index >= 15 is 0 Å². The molecule has 1 N–H and O–H groups in total. The van der Waals surface area contributed by atoms with Crippen LogP contribution in [0.3, 0.4) is 0 Å². The summed E-state index contributed by atoms with van der Waals surface area (Å²) in [6, 6.07) is 8.17. The molecule has 5 heteroatoms. The van der Waals surface area contributed by atoms with Crippen molar-refractivity contribution in [3.63, 3.8) is 0 Å². The number of halogens is 2. The first kappa shape index (κ1) is 14.3. The zero-order valence-corrected chi connectivity index (χ0v) is 13.4. The molecule has 1 aromatic carbocycles. The number of para-hydroxylation sites is 1. The van der Waals surface area contributed by atoms with Crippen LogP contribution in [0.25, 0.3) is 0 Å². The fourth-order valence-electron chi connectivity index (χ4n) is 1.81. The van der Waals surface area contributed by atoms with E-state index in [-0.39, 0.29) is 5.41 Å². The van der Waals surface area contributed by atoms with Crippen molar-refractivity contribution in [2.24, 2.45) is 0 Å². The first-order chi connectivity index (χ1) is 8.89. The Kier molecular flexibility index (Phi) is 4.11. The van der Waals surface area contributed by atoms with Crippen LogP contribution in [0.1, 0.15) is 26.3 Å². The molecule has 2 rings (SSSR count). The SMILES string of the molecule is CC(C)(C)c1ccccc1Nc1ncnc(Cl)c1Br. The average Bonchev–Trinajstić information content (AvgIpc) is 2.34. The van der Waals surface area contributed by atoms with Crippen LogP contribution in [0, 0.1) is 0 Å². The number of aromatic nitrogens is 2. The van der Waals surface area contributed by atoms with E-state index in [1.54, 1.807) is 0 Å². The molecule has 0 radical (unpaired) electrons. The van der Waals surface area contributed by atoms with E-state index < -0.39 is 0 Å². The number of hydrogen-bond acceptors (Lipinski definition) is 3. The molecule has 0 saturated carbocycles. The van der Waals surface area contributed by atoms with Crippen molar-refractivity contribution in [1.29, 1.82) is 0 Å². The lowest BCUT2D eigenvalue weighted by Crippen LogP contribution is -2.13. The van der Waals surface area contributed by atoms with E-state index in [0.29, 0.717) is 15.4 Å². The summed E-state index contributed by atoms with van der Waals surface area (Å²) in [5, 5.41) is 3.70. The molecule has 0 aliphatic heterocycles. The van der Waals surface area contributed by atoms with Crippen molar-refractivity contribution >= 4 is 39.0 Å². The Morgan fingerprint density at radius 3 is 2.53 bits per heavy atom. The van der Waals surface area contributed by atoms with Gasteiger partial charge < -0.3 is 5.32 Å². The Hall–Kier alpha value is -1.13. The predicted molar refractivity (Wildman–Crippen MR) is 83.2 cm³/mol. The van der Waals surface area contributed by atoms with Gasteiger partial charge in [0.05, 0.1) is 4.47 Å². The summed E-state index contributed by atoms with van der Waals surface area (Å²) in [7, 11) is 0. The first-order valence-corrected chi connectivity index (χ1v) is 7.09. The highest BCUT2D eigenvalue weighted by Crippen LogP contribution is 2.33. The molecule has 0 unspecified atom stereocenters. The van der Waals surface area contributed by atoms with Gasteiger partial charge in [0.15, 0.2) is 0 Å². The highest BCUT2D eigenvalue weighted by atomic mass is 79.9. The van der Waals surface area contributed by atoms with E-state index in [0.717, 1.165) is 5.69 Å². The van der Waals surface area contributed by atoms with Crippen LogP contribution in [-0.2, 0) is 5.41 Å². The van der Waals surface area contributed by atoms with Crippen molar-refractivity contribution in [1.82, 2.24) is 9.97 Å². The molecule has 2 aromatic rings. The molecule has 3 nitrogen and oxygen atoms in total. The second-order valence-electron chi connectivity index (χ2n) is 5.25. The summed E-state index contributed by atoms with van der Waals surface area (Å²) < 4.78 is 0.667. The van der Waals surface area contributed by atoms with Gasteiger partial charge in [0.25, 0.3) is 0 Å². The topological polar surface area (TPSA) is 37.8 Å². The van der Waals surface area contributed by atoms with Gasteiger partial charge in [-0.3, -0.25) is 0 Å². The Morgan fingerprint density at radius 1 is 1.16 bits per heavy atom. The highest BCUT2D eigenvalue weighted by Gasteiger charge is 2.18. The lowest BCUT2D eigenvalue weighted by atomic mass is 9.86. The molecule has 0 saturated heterocycles. The van der Waals surface area contributed by atoms with E-state index in [9.17, 15) is 0 Å². The average molecular weight is 341 g/mol. The third-order valence-electron chi connectivity index (χ3n) is 2.74. The minimum Gasteiger partial charge on any atom is -0.339 e. The molecular formula is C14H15BrClN3. The minimum atomic E-state index is 0.0485. The van der Waals surface area contributed by atoms with E-state index in [1.165, 1.54) is 11.9 Å². The van der Waals surface area contributed by atoms with Crippen molar-refractivity contribution in [2.45, 2.75) is 26.2 Å². The van der Waals surface area contributed by atoms with Gasteiger partial charge in [-0.05, 0) is 33.0 Å². The standard InChI is InChI=1S/C14H15BrClN3/c1-14(2,3)9-6-4-5-7-10(9)19-13-11(15)12(16)17-8-18-13/h4-8H,1-3H3,(H,17,18,19). The number of anilines is 2. The summed E-state index contributed by atoms with van der Waals surface area (Å²) in [6.45, 7) is 6.53. The Labute approximate surface area is 126 Å². The summed E-state index contributed by atoms with van der Waals surface area (Å²) >= 11 is 9.37. The minimum absolute atomic E-state index is 0.0485. The maximum absolute atomic E-state index is 5.97. The summed E-state index contributed by atoms with van der Waals surface area (Å²) in [6.07, 6.45) is 1.44. The first-order valence-electron chi connectivity index (χ1n) is 5.92. The third kappa shape index (κ3) is 3.25. The zero-order chi connectivity index (χ0) is 14.0. The molecule has 1 aromatic heterocycles. The molecule has 0 aliphatic rings. The fourth-order valence-corrected chi connectivity index (χ4v) is 2.25. The molecule has 100 valence electrons. The Balaban J connectivity index is 2.42. The molecule has 0 amide bonds. The molecule has 19 heavy (non-hydrogen) atoms. The van der Waals surface area contributed by atoms with Crippen molar-refractivity contribution in [3.8, 4) is 0 Å². The fraction of sp³-hybridized carbons (Fsp3) is 0.286. The van der Waals surface area contributed by atoms with Gasteiger partial charge >= 0.3 is 0 Å². The van der Waals surface area contributed by atoms with Gasteiger partial charge in [-0.25, -0.2) is 9.97 Å². The Bertz CT molecular complexity index is 593. The number of nitrogens with one attached hydrogen (secondary N) is 1. The second kappa shape index (κ2) is 5.47. The molecule has 0 fully saturated rings. The van der Waals surface area contributed by atoms with Crippen LogP contribution in [0.2, 0.25) is 5.15 Å². The summed E-state index contributed by atoms with van der Waals surface area (Å²) in [4.78, 5) is 8.12. The summed E-state index contributed by atoms with van der Waals surface area (Å²) in [5.74, 6) is 0.664. The second-order valence-corrected chi connectivity index (χ2v) is 6.40. The highest BCUT2D eigenvalue weighted by molar-refractivity contribution is 9.10. The van der Waals surface area contributed by atoms with Gasteiger partial charge in [0.2, 0.25) is 0 Å². The van der Waals surface area contributed by atoms with Crippen LogP contribution >= 0.6 is 27.5 Å². The van der Waals surface area contributed by atoms with E-state index in [4.69, 9.17) is 11.6 Å².